The first-order chi connectivity index (χ1) is 2.91. The molecule has 0 fully saturated rings. The molecule has 0 atom stereocenters. The van der Waals surface area contributed by atoms with Crippen molar-refractivity contribution in [3.63, 3.8) is 0 Å². The van der Waals surface area contributed by atoms with E-state index in [1.165, 1.54) is 11.9 Å². The number of hydrogen-bond acceptors (Lipinski definition) is 2. The highest BCUT2D eigenvalue weighted by atomic mass is 32.2. The second-order valence-electron chi connectivity index (χ2n) is 0.681. The zero-order chi connectivity index (χ0) is 4.83. The maximum atomic E-state index is 2.75. The number of rotatable bonds is 1. The van der Waals surface area contributed by atoms with Crippen LogP contribution in [0.25, 0.3) is 0 Å². The van der Waals surface area contributed by atoms with Crippen LogP contribution in [0, 0.1) is 12.0 Å². The molecule has 0 aromatic heterocycles. The van der Waals surface area contributed by atoms with Gasteiger partial charge in [0.25, 0.3) is 0 Å². The Bertz CT molecular complexity index is 69.4. The number of nitrogens with one attached hydrogen (secondary N) is 1. The first-order valence-electron chi connectivity index (χ1n) is 1.61. The molecule has 2 heteroatoms. The van der Waals surface area contributed by atoms with Crippen molar-refractivity contribution >= 4 is 11.9 Å². The maximum Gasteiger partial charge on any atom is 0.0150 e. The lowest BCUT2D eigenvalue weighted by molar-refractivity contribution is 1.51. The van der Waals surface area contributed by atoms with Crippen LogP contribution in [0.1, 0.15) is 6.92 Å². The highest BCUT2D eigenvalue weighted by Gasteiger charge is 1.57. The molecular formula is C4H7NS. The molecular weight excluding hydrogens is 94.1 g/mol. The minimum absolute atomic E-state index is 1.50. The molecule has 0 saturated carbocycles. The molecule has 0 aromatic rings. The molecule has 0 spiro atoms. The van der Waals surface area contributed by atoms with Gasteiger partial charge in [-0.1, -0.05) is 5.92 Å². The van der Waals surface area contributed by atoms with Crippen LogP contribution in [0.3, 0.4) is 0 Å². The van der Waals surface area contributed by atoms with E-state index in [0.717, 1.165) is 0 Å². The van der Waals surface area contributed by atoms with E-state index in [1.54, 1.807) is 6.92 Å². The lowest BCUT2D eigenvalue weighted by Crippen LogP contribution is -1.86. The van der Waals surface area contributed by atoms with Crippen molar-refractivity contribution in [3.8, 4) is 12.0 Å². The van der Waals surface area contributed by atoms with E-state index >= 15 is 0 Å². The lowest BCUT2D eigenvalue weighted by Gasteiger charge is -1.79. The molecule has 6 heavy (non-hydrogen) atoms. The molecule has 0 heterocycles. The van der Waals surface area contributed by atoms with Crippen molar-refractivity contribution in [3.05, 3.63) is 0 Å². The van der Waals surface area contributed by atoms with Crippen LogP contribution in [0.15, 0.2) is 0 Å². The van der Waals surface area contributed by atoms with E-state index in [0.29, 0.717) is 0 Å². The average molecular weight is 101 g/mol. The standard InChI is InChI=1S/C4H7NS/c1-3-4-5-6-2/h5H,1-2H3. The van der Waals surface area contributed by atoms with Crippen LogP contribution in [0.2, 0.25) is 0 Å². The Kier molecular flexibility index (Phi) is 4.48. The molecule has 0 aromatic carbocycles. The van der Waals surface area contributed by atoms with Gasteiger partial charge in [-0.3, -0.25) is 4.72 Å². The van der Waals surface area contributed by atoms with Crippen molar-refractivity contribution in [2.75, 3.05) is 6.26 Å². The van der Waals surface area contributed by atoms with E-state index in [2.05, 4.69) is 16.7 Å². The van der Waals surface area contributed by atoms with E-state index < -0.39 is 0 Å². The van der Waals surface area contributed by atoms with E-state index in [-0.39, 0.29) is 0 Å². The van der Waals surface area contributed by atoms with Crippen LogP contribution >= 0.6 is 11.9 Å². The Morgan fingerprint density at radius 1 is 1.67 bits per heavy atom. The van der Waals surface area contributed by atoms with Gasteiger partial charge in [0.05, 0.1) is 0 Å². The zero-order valence-corrected chi connectivity index (χ0v) is 4.72. The summed E-state index contributed by atoms with van der Waals surface area (Å²) in [6, 6.07) is 2.66. The van der Waals surface area contributed by atoms with Crippen molar-refractivity contribution in [2.45, 2.75) is 6.92 Å². The van der Waals surface area contributed by atoms with Crippen molar-refractivity contribution in [1.82, 2.24) is 4.72 Å². The summed E-state index contributed by atoms with van der Waals surface area (Å²) in [7, 11) is 0. The normalized spacial score (nSPS) is 5.67. The van der Waals surface area contributed by atoms with Gasteiger partial charge in [0.2, 0.25) is 0 Å². The maximum absolute atomic E-state index is 2.75. The highest BCUT2D eigenvalue weighted by Crippen LogP contribution is 1.74. The Labute approximate surface area is 42.6 Å². The molecule has 0 bridgehead atoms. The Morgan fingerprint density at radius 2 is 2.33 bits per heavy atom. The van der Waals surface area contributed by atoms with Crippen LogP contribution in [-0.4, -0.2) is 6.26 Å². The third-order valence-corrected chi connectivity index (χ3v) is 0.584. The van der Waals surface area contributed by atoms with Crippen molar-refractivity contribution in [1.29, 1.82) is 0 Å². The van der Waals surface area contributed by atoms with Crippen molar-refractivity contribution in [2.24, 2.45) is 0 Å². The summed E-state index contributed by atoms with van der Waals surface area (Å²) >= 11 is 1.50. The van der Waals surface area contributed by atoms with Crippen LogP contribution < -0.4 is 4.72 Å². The molecule has 0 saturated heterocycles. The first kappa shape index (κ1) is 5.71. The smallest absolute Gasteiger partial charge is 0.0150 e. The lowest BCUT2D eigenvalue weighted by atomic mass is 10.8. The molecule has 0 rings (SSSR count). The summed E-state index contributed by atoms with van der Waals surface area (Å²) in [6.07, 6.45) is 1.93. The van der Waals surface area contributed by atoms with Gasteiger partial charge in [-0.15, -0.1) is 0 Å². The third-order valence-electron chi connectivity index (χ3n) is 0.278. The Hall–Kier alpha value is -0.290. The Morgan fingerprint density at radius 3 is 2.50 bits per heavy atom. The largest absolute Gasteiger partial charge is 0.289 e. The summed E-state index contributed by atoms with van der Waals surface area (Å²) in [6.45, 7) is 1.79. The summed E-state index contributed by atoms with van der Waals surface area (Å²) in [4.78, 5) is 0. The summed E-state index contributed by atoms with van der Waals surface area (Å²) in [5.74, 6) is 2.69. The molecule has 34 valence electrons. The van der Waals surface area contributed by atoms with Crippen LogP contribution in [0.5, 0.6) is 0 Å². The van der Waals surface area contributed by atoms with Gasteiger partial charge in [0.15, 0.2) is 0 Å². The molecule has 0 aliphatic rings. The van der Waals surface area contributed by atoms with Gasteiger partial charge in [0, 0.05) is 12.3 Å². The third kappa shape index (κ3) is 3.71. The SMILES string of the molecule is CC#CNSC. The molecule has 1 N–H and O–H groups in total. The minimum atomic E-state index is 1.50. The molecule has 1 nitrogen and oxygen atoms in total. The Balaban J connectivity index is 2.79. The average Bonchev–Trinajstić information content (AvgIpc) is 1.61. The topological polar surface area (TPSA) is 12.0 Å². The number of hydrogen-bond donors (Lipinski definition) is 1. The molecule has 0 amide bonds. The first-order valence-corrected chi connectivity index (χ1v) is 2.84. The monoisotopic (exact) mass is 101 g/mol. The van der Waals surface area contributed by atoms with E-state index in [4.69, 9.17) is 0 Å². The van der Waals surface area contributed by atoms with Crippen molar-refractivity contribution < 1.29 is 0 Å². The van der Waals surface area contributed by atoms with Gasteiger partial charge in [-0.05, 0) is 18.9 Å². The quantitative estimate of drug-likeness (QED) is 0.298. The fourth-order valence-electron chi connectivity index (χ4n) is 0.102. The van der Waals surface area contributed by atoms with Gasteiger partial charge < -0.3 is 0 Å². The predicted molar refractivity (Wildman–Crippen MR) is 30.1 cm³/mol. The van der Waals surface area contributed by atoms with Gasteiger partial charge >= 0.3 is 0 Å². The molecule has 0 aliphatic heterocycles. The van der Waals surface area contributed by atoms with Gasteiger partial charge in [-0.25, -0.2) is 0 Å². The van der Waals surface area contributed by atoms with Gasteiger partial charge in [0.1, 0.15) is 0 Å². The fraction of sp³-hybridized carbons (Fsp3) is 0.500. The summed E-state index contributed by atoms with van der Waals surface area (Å²) in [5.41, 5.74) is 0. The van der Waals surface area contributed by atoms with Crippen LogP contribution in [-0.2, 0) is 0 Å². The summed E-state index contributed by atoms with van der Waals surface area (Å²) in [5, 5.41) is 0. The molecule has 0 radical (unpaired) electrons. The zero-order valence-electron chi connectivity index (χ0n) is 3.91. The fourth-order valence-corrected chi connectivity index (χ4v) is 0.306. The second kappa shape index (κ2) is 4.71. The molecule has 0 unspecified atom stereocenters. The summed E-state index contributed by atoms with van der Waals surface area (Å²) < 4.78 is 2.75. The molecule has 0 aliphatic carbocycles. The highest BCUT2D eigenvalue weighted by molar-refractivity contribution is 7.96. The van der Waals surface area contributed by atoms with Crippen LogP contribution in [0.4, 0.5) is 0 Å². The minimum Gasteiger partial charge on any atom is -0.289 e. The van der Waals surface area contributed by atoms with Gasteiger partial charge in [-0.2, -0.15) is 0 Å². The second-order valence-corrected chi connectivity index (χ2v) is 1.29. The van der Waals surface area contributed by atoms with E-state index in [9.17, 15) is 0 Å². The predicted octanol–water partition coefficient (Wildman–Crippen LogP) is 0.835. The van der Waals surface area contributed by atoms with E-state index in [1.807, 2.05) is 6.26 Å².